The van der Waals surface area contributed by atoms with Crippen molar-refractivity contribution < 1.29 is 18.3 Å². The molecule has 3 rings (SSSR count). The molecule has 0 bridgehead atoms. The Bertz CT molecular complexity index is 614. The Labute approximate surface area is 118 Å². The Kier molecular flexibility index (Phi) is 3.48. The normalized spacial score (nSPS) is 31.8. The van der Waals surface area contributed by atoms with E-state index in [2.05, 4.69) is 0 Å². The lowest BCUT2D eigenvalue weighted by atomic mass is 9.88. The van der Waals surface area contributed by atoms with Gasteiger partial charge in [0, 0.05) is 6.04 Å². The van der Waals surface area contributed by atoms with Crippen molar-refractivity contribution in [3.05, 3.63) is 29.3 Å². The first kappa shape index (κ1) is 13.9. The van der Waals surface area contributed by atoms with Crippen LogP contribution >= 0.6 is 0 Å². The maximum absolute atomic E-state index is 11.5. The largest absolute Gasteiger partial charge is 0.487 e. The highest BCUT2D eigenvalue weighted by Crippen LogP contribution is 2.31. The number of aryl methyl sites for hydroxylation is 1. The summed E-state index contributed by atoms with van der Waals surface area (Å²) in [6.45, 7) is 0. The molecule has 1 heterocycles. The van der Waals surface area contributed by atoms with E-state index in [4.69, 9.17) is 10.5 Å². The molecule has 0 amide bonds. The van der Waals surface area contributed by atoms with Crippen LogP contribution in [0.1, 0.15) is 30.0 Å². The van der Waals surface area contributed by atoms with Gasteiger partial charge in [-0.1, -0.05) is 6.07 Å². The lowest BCUT2D eigenvalue weighted by Crippen LogP contribution is -2.30. The first-order chi connectivity index (χ1) is 9.44. The van der Waals surface area contributed by atoms with Gasteiger partial charge >= 0.3 is 0 Å². The topological polar surface area (TPSA) is 89.6 Å². The first-order valence-electron chi connectivity index (χ1n) is 6.88. The van der Waals surface area contributed by atoms with Gasteiger partial charge in [-0.3, -0.25) is 0 Å². The molecule has 0 spiro atoms. The molecule has 1 saturated heterocycles. The maximum Gasteiger partial charge on any atom is 0.156 e. The smallest absolute Gasteiger partial charge is 0.156 e. The Morgan fingerprint density at radius 3 is 2.80 bits per heavy atom. The summed E-state index contributed by atoms with van der Waals surface area (Å²) >= 11 is 0. The Hall–Kier alpha value is -1.11. The van der Waals surface area contributed by atoms with Gasteiger partial charge in [0.25, 0.3) is 0 Å². The van der Waals surface area contributed by atoms with E-state index in [0.717, 1.165) is 24.8 Å². The summed E-state index contributed by atoms with van der Waals surface area (Å²) in [5.74, 6) is 0.238. The van der Waals surface area contributed by atoms with Crippen molar-refractivity contribution in [2.75, 3.05) is 11.5 Å². The highest BCUT2D eigenvalue weighted by molar-refractivity contribution is 7.91. The van der Waals surface area contributed by atoms with Crippen molar-refractivity contribution in [1.82, 2.24) is 0 Å². The van der Waals surface area contributed by atoms with Crippen LogP contribution in [0.5, 0.6) is 5.75 Å². The summed E-state index contributed by atoms with van der Waals surface area (Å²) in [7, 11) is -3.19. The Balaban J connectivity index is 1.80. The van der Waals surface area contributed by atoms with Crippen LogP contribution in [0.25, 0.3) is 0 Å². The number of aliphatic hydroxyl groups excluding tert-OH is 1. The van der Waals surface area contributed by atoms with Gasteiger partial charge in [0.15, 0.2) is 9.84 Å². The van der Waals surface area contributed by atoms with Gasteiger partial charge in [-0.25, -0.2) is 8.42 Å². The third-order valence-corrected chi connectivity index (χ3v) is 5.72. The zero-order valence-corrected chi connectivity index (χ0v) is 12.0. The molecule has 1 aromatic rings. The number of benzene rings is 1. The molecule has 2 aliphatic rings. The van der Waals surface area contributed by atoms with Crippen molar-refractivity contribution in [3.63, 3.8) is 0 Å². The summed E-state index contributed by atoms with van der Waals surface area (Å²) in [4.78, 5) is 0. The number of fused-ring (bicyclic) bond motifs is 1. The second kappa shape index (κ2) is 5.02. The third-order valence-electron chi connectivity index (χ3n) is 4.04. The molecule has 3 N–H and O–H groups in total. The van der Waals surface area contributed by atoms with E-state index in [1.807, 2.05) is 18.2 Å². The molecule has 6 heteroatoms. The van der Waals surface area contributed by atoms with Crippen molar-refractivity contribution in [2.24, 2.45) is 5.73 Å². The van der Waals surface area contributed by atoms with E-state index in [1.54, 1.807) is 0 Å². The summed E-state index contributed by atoms with van der Waals surface area (Å²) < 4.78 is 28.6. The monoisotopic (exact) mass is 297 g/mol. The second-order valence-electron chi connectivity index (χ2n) is 5.66. The molecule has 3 unspecified atom stereocenters. The summed E-state index contributed by atoms with van der Waals surface area (Å²) in [5.41, 5.74) is 8.40. The molecule has 1 aliphatic heterocycles. The fourth-order valence-corrected chi connectivity index (χ4v) is 4.63. The first-order valence-corrected chi connectivity index (χ1v) is 8.70. The maximum atomic E-state index is 11.5. The predicted molar refractivity (Wildman–Crippen MR) is 75.4 cm³/mol. The fraction of sp³-hybridized carbons (Fsp3) is 0.571. The molecule has 20 heavy (non-hydrogen) atoms. The number of ether oxygens (including phenoxy) is 1. The van der Waals surface area contributed by atoms with Crippen molar-refractivity contribution >= 4 is 9.84 Å². The quantitative estimate of drug-likeness (QED) is 0.832. The third kappa shape index (κ3) is 2.68. The van der Waals surface area contributed by atoms with Crippen LogP contribution in [-0.4, -0.2) is 37.2 Å². The number of hydrogen-bond acceptors (Lipinski definition) is 5. The second-order valence-corrected chi connectivity index (χ2v) is 7.81. The summed E-state index contributed by atoms with van der Waals surface area (Å²) in [6.07, 6.45) is 1.43. The van der Waals surface area contributed by atoms with Gasteiger partial charge in [0.05, 0.1) is 11.5 Å². The number of aliphatic hydroxyl groups is 1. The number of rotatable bonds is 2. The Morgan fingerprint density at radius 2 is 2.10 bits per heavy atom. The van der Waals surface area contributed by atoms with Crippen molar-refractivity contribution in [3.8, 4) is 5.75 Å². The lowest BCUT2D eigenvalue weighted by Gasteiger charge is -2.24. The molecule has 0 radical (unpaired) electrons. The van der Waals surface area contributed by atoms with Crippen LogP contribution < -0.4 is 10.5 Å². The molecule has 0 saturated carbocycles. The van der Waals surface area contributed by atoms with Gasteiger partial charge in [-0.15, -0.1) is 0 Å². The molecule has 110 valence electrons. The highest BCUT2D eigenvalue weighted by atomic mass is 32.2. The minimum atomic E-state index is -3.19. The van der Waals surface area contributed by atoms with E-state index in [-0.39, 0.29) is 17.5 Å². The lowest BCUT2D eigenvalue weighted by molar-refractivity contribution is 0.0737. The number of nitrogens with two attached hydrogens (primary N) is 1. The van der Waals surface area contributed by atoms with Crippen molar-refractivity contribution in [2.45, 2.75) is 37.5 Å². The van der Waals surface area contributed by atoms with Gasteiger partial charge in [0.2, 0.25) is 0 Å². The summed E-state index contributed by atoms with van der Waals surface area (Å²) in [5, 5.41) is 9.75. The van der Waals surface area contributed by atoms with Crippen LogP contribution in [0.3, 0.4) is 0 Å². The molecular weight excluding hydrogens is 278 g/mol. The van der Waals surface area contributed by atoms with Crippen LogP contribution in [0.4, 0.5) is 0 Å². The van der Waals surface area contributed by atoms with E-state index in [1.165, 1.54) is 5.56 Å². The highest BCUT2D eigenvalue weighted by Gasteiger charge is 2.38. The predicted octanol–water partition coefficient (Wildman–Crippen LogP) is 0.559. The minimum absolute atomic E-state index is 0.0135. The Morgan fingerprint density at radius 1 is 1.30 bits per heavy atom. The number of hydrogen-bond donors (Lipinski definition) is 2. The molecule has 1 fully saturated rings. The van der Waals surface area contributed by atoms with Crippen LogP contribution in [0.15, 0.2) is 18.2 Å². The molecule has 0 aromatic heterocycles. The molecule has 1 aliphatic carbocycles. The van der Waals surface area contributed by atoms with Gasteiger partial charge in [0.1, 0.15) is 18.0 Å². The van der Waals surface area contributed by atoms with E-state index >= 15 is 0 Å². The van der Waals surface area contributed by atoms with Gasteiger partial charge in [-0.05, 0) is 42.5 Å². The van der Waals surface area contributed by atoms with E-state index in [0.29, 0.717) is 5.75 Å². The van der Waals surface area contributed by atoms with Crippen LogP contribution in [0, 0.1) is 0 Å². The van der Waals surface area contributed by atoms with Crippen LogP contribution in [-0.2, 0) is 16.3 Å². The zero-order valence-electron chi connectivity index (χ0n) is 11.2. The SMILES string of the molecule is NC1CCCc2ccc(OC3CS(=O)(=O)CC3O)cc21. The standard InChI is InChI=1S/C14H19NO4S/c15-12-3-1-2-9-4-5-10(6-11(9)12)19-14-8-20(17,18)7-13(14)16/h4-6,12-14,16H,1-3,7-8,15H2. The molecule has 3 atom stereocenters. The van der Waals surface area contributed by atoms with E-state index in [9.17, 15) is 13.5 Å². The van der Waals surface area contributed by atoms with Gasteiger partial charge in [-0.2, -0.15) is 0 Å². The molecular formula is C14H19NO4S. The fourth-order valence-electron chi connectivity index (χ4n) is 2.97. The number of sulfone groups is 1. The zero-order chi connectivity index (χ0) is 14.3. The molecule has 1 aromatic carbocycles. The average Bonchev–Trinajstić information content (AvgIpc) is 2.63. The van der Waals surface area contributed by atoms with E-state index < -0.39 is 22.0 Å². The van der Waals surface area contributed by atoms with Crippen molar-refractivity contribution in [1.29, 1.82) is 0 Å². The van der Waals surface area contributed by atoms with Gasteiger partial charge < -0.3 is 15.6 Å². The van der Waals surface area contributed by atoms with Crippen LogP contribution in [0.2, 0.25) is 0 Å². The average molecular weight is 297 g/mol. The minimum Gasteiger partial charge on any atom is -0.487 e. The summed E-state index contributed by atoms with van der Waals surface area (Å²) in [6, 6.07) is 5.71. The molecule has 5 nitrogen and oxygen atoms in total.